The standard InChI is InChI=1S/C11H16N2O2S.ClH/c14-16(15,11-7-4-8-12-9-11)13-10-5-2-1-3-6-10;/h1-3,5-6,11-13H,4,7-9H2;1H. The van der Waals surface area contributed by atoms with Crippen LogP contribution in [0.3, 0.4) is 0 Å². The highest BCUT2D eigenvalue weighted by Crippen LogP contribution is 2.15. The lowest BCUT2D eigenvalue weighted by Crippen LogP contribution is -2.41. The maximum Gasteiger partial charge on any atom is 0.236 e. The summed E-state index contributed by atoms with van der Waals surface area (Å²) in [6, 6.07) is 9.01. The van der Waals surface area contributed by atoms with Crippen molar-refractivity contribution in [1.82, 2.24) is 5.32 Å². The van der Waals surface area contributed by atoms with Gasteiger partial charge in [-0.05, 0) is 31.5 Å². The number of para-hydroxylation sites is 1. The molecule has 2 N–H and O–H groups in total. The molecule has 4 nitrogen and oxygen atoms in total. The molecule has 0 saturated carbocycles. The van der Waals surface area contributed by atoms with Gasteiger partial charge in [-0.2, -0.15) is 0 Å². The molecule has 0 spiro atoms. The highest BCUT2D eigenvalue weighted by molar-refractivity contribution is 7.93. The molecule has 1 aliphatic rings. The van der Waals surface area contributed by atoms with E-state index in [2.05, 4.69) is 10.0 Å². The summed E-state index contributed by atoms with van der Waals surface area (Å²) in [6.07, 6.45) is 1.65. The van der Waals surface area contributed by atoms with Gasteiger partial charge in [-0.25, -0.2) is 8.42 Å². The number of rotatable bonds is 3. The van der Waals surface area contributed by atoms with Crippen molar-refractivity contribution in [2.45, 2.75) is 18.1 Å². The van der Waals surface area contributed by atoms with Crippen LogP contribution in [0.4, 0.5) is 5.69 Å². The van der Waals surface area contributed by atoms with Gasteiger partial charge in [0.15, 0.2) is 0 Å². The first-order valence-corrected chi connectivity index (χ1v) is 7.00. The number of sulfonamides is 1. The normalized spacial score (nSPS) is 20.4. The fourth-order valence-corrected chi connectivity index (χ4v) is 3.28. The van der Waals surface area contributed by atoms with Crippen LogP contribution in [0.25, 0.3) is 0 Å². The molecular formula is C11H17ClN2O2S. The molecule has 0 aromatic heterocycles. The Balaban J connectivity index is 0.00000144. The molecule has 1 heterocycles. The first kappa shape index (κ1) is 14.3. The van der Waals surface area contributed by atoms with Gasteiger partial charge in [0.25, 0.3) is 0 Å². The summed E-state index contributed by atoms with van der Waals surface area (Å²) in [5.41, 5.74) is 0.632. The van der Waals surface area contributed by atoms with E-state index in [1.54, 1.807) is 12.1 Å². The van der Waals surface area contributed by atoms with Crippen LogP contribution in [0.5, 0.6) is 0 Å². The molecule has 1 aliphatic heterocycles. The Morgan fingerprint density at radius 1 is 1.24 bits per heavy atom. The summed E-state index contributed by atoms with van der Waals surface area (Å²) >= 11 is 0. The molecule has 1 aromatic rings. The van der Waals surface area contributed by atoms with Crippen LogP contribution in [0, 0.1) is 0 Å². The number of anilines is 1. The molecule has 1 fully saturated rings. The highest BCUT2D eigenvalue weighted by atomic mass is 35.5. The largest absolute Gasteiger partial charge is 0.315 e. The van der Waals surface area contributed by atoms with Gasteiger partial charge in [-0.1, -0.05) is 18.2 Å². The lowest BCUT2D eigenvalue weighted by atomic mass is 10.2. The van der Waals surface area contributed by atoms with E-state index in [0.717, 1.165) is 19.4 Å². The lowest BCUT2D eigenvalue weighted by molar-refractivity contribution is 0.499. The van der Waals surface area contributed by atoms with Crippen molar-refractivity contribution in [2.75, 3.05) is 17.8 Å². The Labute approximate surface area is 108 Å². The van der Waals surface area contributed by atoms with Crippen molar-refractivity contribution in [3.05, 3.63) is 30.3 Å². The highest BCUT2D eigenvalue weighted by Gasteiger charge is 2.26. The Morgan fingerprint density at radius 3 is 2.53 bits per heavy atom. The number of nitrogens with one attached hydrogen (secondary N) is 2. The predicted octanol–water partition coefficient (Wildman–Crippen LogP) is 1.60. The monoisotopic (exact) mass is 276 g/mol. The molecule has 1 atom stereocenters. The van der Waals surface area contributed by atoms with Crippen molar-refractivity contribution < 1.29 is 8.42 Å². The molecule has 6 heteroatoms. The molecule has 2 rings (SSSR count). The zero-order valence-corrected chi connectivity index (χ0v) is 11.1. The molecule has 0 amide bonds. The maximum absolute atomic E-state index is 12.0. The number of piperidine rings is 1. The van der Waals surface area contributed by atoms with Gasteiger partial charge in [0, 0.05) is 12.2 Å². The van der Waals surface area contributed by atoms with E-state index in [1.165, 1.54) is 0 Å². The third-order valence-electron chi connectivity index (χ3n) is 2.72. The number of hydrogen-bond donors (Lipinski definition) is 2. The van der Waals surface area contributed by atoms with Crippen LogP contribution in [-0.4, -0.2) is 26.8 Å². The molecule has 96 valence electrons. The SMILES string of the molecule is Cl.O=S(=O)(Nc1ccccc1)C1CCCNC1. The topological polar surface area (TPSA) is 58.2 Å². The predicted molar refractivity (Wildman–Crippen MR) is 72.1 cm³/mol. The van der Waals surface area contributed by atoms with Gasteiger partial charge < -0.3 is 5.32 Å². The van der Waals surface area contributed by atoms with Crippen LogP contribution in [0.1, 0.15) is 12.8 Å². The third-order valence-corrected chi connectivity index (χ3v) is 4.52. The molecule has 1 saturated heterocycles. The zero-order valence-electron chi connectivity index (χ0n) is 9.43. The first-order valence-electron chi connectivity index (χ1n) is 5.46. The average Bonchev–Trinajstić information content (AvgIpc) is 2.31. The van der Waals surface area contributed by atoms with Crippen LogP contribution in [0.2, 0.25) is 0 Å². The Morgan fingerprint density at radius 2 is 1.94 bits per heavy atom. The van der Waals surface area contributed by atoms with E-state index in [4.69, 9.17) is 0 Å². The van der Waals surface area contributed by atoms with Gasteiger partial charge in [0.05, 0.1) is 5.25 Å². The average molecular weight is 277 g/mol. The second-order valence-corrected chi connectivity index (χ2v) is 5.94. The fraction of sp³-hybridized carbons (Fsp3) is 0.455. The fourth-order valence-electron chi connectivity index (χ4n) is 1.84. The quantitative estimate of drug-likeness (QED) is 0.882. The van der Waals surface area contributed by atoms with E-state index in [0.29, 0.717) is 12.2 Å². The molecule has 0 aliphatic carbocycles. The van der Waals surface area contributed by atoms with Crippen molar-refractivity contribution in [3.63, 3.8) is 0 Å². The molecule has 1 aromatic carbocycles. The van der Waals surface area contributed by atoms with E-state index in [1.807, 2.05) is 18.2 Å². The zero-order chi connectivity index (χ0) is 11.4. The van der Waals surface area contributed by atoms with Crippen LogP contribution in [0.15, 0.2) is 30.3 Å². The minimum Gasteiger partial charge on any atom is -0.315 e. The van der Waals surface area contributed by atoms with Crippen molar-refractivity contribution in [3.8, 4) is 0 Å². The van der Waals surface area contributed by atoms with Gasteiger partial charge in [-0.15, -0.1) is 12.4 Å². The summed E-state index contributed by atoms with van der Waals surface area (Å²) in [7, 11) is -3.25. The Bertz CT molecular complexity index is 430. The number of hydrogen-bond acceptors (Lipinski definition) is 3. The lowest BCUT2D eigenvalue weighted by Gasteiger charge is -2.23. The van der Waals surface area contributed by atoms with Gasteiger partial charge in [0.1, 0.15) is 0 Å². The van der Waals surface area contributed by atoms with E-state index in [9.17, 15) is 8.42 Å². The van der Waals surface area contributed by atoms with Crippen LogP contribution >= 0.6 is 12.4 Å². The second-order valence-electron chi connectivity index (χ2n) is 3.98. The van der Waals surface area contributed by atoms with Crippen molar-refractivity contribution in [2.24, 2.45) is 0 Å². The molecule has 17 heavy (non-hydrogen) atoms. The smallest absolute Gasteiger partial charge is 0.236 e. The van der Waals surface area contributed by atoms with E-state index in [-0.39, 0.29) is 17.7 Å². The van der Waals surface area contributed by atoms with Crippen LogP contribution < -0.4 is 10.0 Å². The minimum absolute atomic E-state index is 0. The van der Waals surface area contributed by atoms with Crippen molar-refractivity contribution in [1.29, 1.82) is 0 Å². The molecule has 0 bridgehead atoms. The van der Waals surface area contributed by atoms with E-state index < -0.39 is 10.0 Å². The van der Waals surface area contributed by atoms with Gasteiger partial charge in [-0.3, -0.25) is 4.72 Å². The Kier molecular flexibility index (Phi) is 5.24. The first-order chi connectivity index (χ1) is 7.68. The summed E-state index contributed by atoms with van der Waals surface area (Å²) in [6.45, 7) is 1.46. The molecular weight excluding hydrogens is 260 g/mol. The molecule has 0 radical (unpaired) electrons. The number of benzene rings is 1. The van der Waals surface area contributed by atoms with Crippen LogP contribution in [-0.2, 0) is 10.0 Å². The summed E-state index contributed by atoms with van der Waals surface area (Å²) in [4.78, 5) is 0. The minimum atomic E-state index is -3.25. The summed E-state index contributed by atoms with van der Waals surface area (Å²) in [5.74, 6) is 0. The summed E-state index contributed by atoms with van der Waals surface area (Å²) < 4.78 is 26.6. The Hall–Kier alpha value is -0.780. The van der Waals surface area contributed by atoms with Gasteiger partial charge in [0.2, 0.25) is 10.0 Å². The third kappa shape index (κ3) is 3.87. The van der Waals surface area contributed by atoms with E-state index >= 15 is 0 Å². The maximum atomic E-state index is 12.0. The van der Waals surface area contributed by atoms with Gasteiger partial charge >= 0.3 is 0 Å². The number of halogens is 1. The molecule has 1 unspecified atom stereocenters. The van der Waals surface area contributed by atoms with Crippen molar-refractivity contribution >= 4 is 28.1 Å². The summed E-state index contributed by atoms with van der Waals surface area (Å²) in [5, 5.41) is 2.79. The second kappa shape index (κ2) is 6.23.